The molecule has 2 amide bonds. The molecule has 0 aromatic rings. The summed E-state index contributed by atoms with van der Waals surface area (Å²) in [5, 5.41) is 12.4. The van der Waals surface area contributed by atoms with Crippen LogP contribution in [0.1, 0.15) is 46.0 Å². The summed E-state index contributed by atoms with van der Waals surface area (Å²) in [6.45, 7) is 4.69. The Kier molecular flexibility index (Phi) is 3.62. The Morgan fingerprint density at radius 1 is 1.33 bits per heavy atom. The molecule has 0 aromatic carbocycles. The topological polar surface area (TPSA) is 69.6 Å². The summed E-state index contributed by atoms with van der Waals surface area (Å²) in [5.41, 5.74) is -0.785. The van der Waals surface area contributed by atoms with Crippen LogP contribution in [0.2, 0.25) is 0 Å². The van der Waals surface area contributed by atoms with Crippen molar-refractivity contribution in [2.75, 3.05) is 13.1 Å². The molecule has 3 aliphatic rings. The van der Waals surface area contributed by atoms with Gasteiger partial charge in [0, 0.05) is 19.1 Å². The standard InChI is InChI=1S/C16H26N2O3/c1-10(13-8-11-3-4-12(13)7-11)17-15(21)18-6-5-16(2,9-18)14(19)20/h10-13H,3-9H2,1-2H3,(H,17,21)(H,19,20). The van der Waals surface area contributed by atoms with Gasteiger partial charge in [-0.3, -0.25) is 4.79 Å². The van der Waals surface area contributed by atoms with Crippen LogP contribution in [0.25, 0.3) is 0 Å². The van der Waals surface area contributed by atoms with E-state index in [1.807, 2.05) is 0 Å². The SMILES string of the molecule is CC(NC(=O)N1CCC(C)(C(=O)O)C1)C1CC2CCC1C2. The Hall–Kier alpha value is -1.26. The third-order valence-electron chi connectivity index (χ3n) is 6.06. The number of hydrogen-bond acceptors (Lipinski definition) is 2. The Morgan fingerprint density at radius 3 is 2.62 bits per heavy atom. The number of likely N-dealkylation sites (tertiary alicyclic amines) is 1. The molecule has 2 bridgehead atoms. The minimum atomic E-state index is -0.807. The van der Waals surface area contributed by atoms with Gasteiger partial charge in [-0.15, -0.1) is 0 Å². The lowest BCUT2D eigenvalue weighted by Gasteiger charge is -2.30. The number of rotatable bonds is 3. The lowest BCUT2D eigenvalue weighted by atomic mass is 9.84. The van der Waals surface area contributed by atoms with E-state index in [9.17, 15) is 14.7 Å². The molecule has 2 saturated carbocycles. The van der Waals surface area contributed by atoms with Crippen molar-refractivity contribution in [3.05, 3.63) is 0 Å². The average molecular weight is 294 g/mol. The number of carboxylic acid groups (broad SMARTS) is 1. The molecule has 5 heteroatoms. The second kappa shape index (κ2) is 5.18. The number of amides is 2. The van der Waals surface area contributed by atoms with Crippen LogP contribution in [-0.2, 0) is 4.79 Å². The molecule has 5 nitrogen and oxygen atoms in total. The Morgan fingerprint density at radius 2 is 2.10 bits per heavy atom. The summed E-state index contributed by atoms with van der Waals surface area (Å²) >= 11 is 0. The first-order chi connectivity index (χ1) is 9.89. The molecule has 3 fully saturated rings. The van der Waals surface area contributed by atoms with Gasteiger partial charge in [-0.2, -0.15) is 0 Å². The van der Waals surface area contributed by atoms with E-state index in [2.05, 4.69) is 12.2 Å². The summed E-state index contributed by atoms with van der Waals surface area (Å²) in [7, 11) is 0. The molecule has 0 aromatic heterocycles. The molecule has 1 heterocycles. The summed E-state index contributed by atoms with van der Waals surface area (Å²) < 4.78 is 0. The van der Waals surface area contributed by atoms with Gasteiger partial charge in [0.25, 0.3) is 0 Å². The minimum Gasteiger partial charge on any atom is -0.481 e. The summed E-state index contributed by atoms with van der Waals surface area (Å²) in [6, 6.07) is 0.111. The first-order valence-corrected chi connectivity index (χ1v) is 8.18. The van der Waals surface area contributed by atoms with Crippen molar-refractivity contribution < 1.29 is 14.7 Å². The molecule has 0 spiro atoms. The smallest absolute Gasteiger partial charge is 0.317 e. The van der Waals surface area contributed by atoms with Crippen molar-refractivity contribution in [3.63, 3.8) is 0 Å². The van der Waals surface area contributed by atoms with Gasteiger partial charge in [0.1, 0.15) is 0 Å². The maximum absolute atomic E-state index is 12.4. The van der Waals surface area contributed by atoms with E-state index in [1.54, 1.807) is 11.8 Å². The second-order valence-electron chi connectivity index (χ2n) is 7.61. The van der Waals surface area contributed by atoms with Crippen molar-refractivity contribution >= 4 is 12.0 Å². The summed E-state index contributed by atoms with van der Waals surface area (Å²) in [4.78, 5) is 25.3. The van der Waals surface area contributed by atoms with Crippen molar-refractivity contribution in [1.29, 1.82) is 0 Å². The largest absolute Gasteiger partial charge is 0.481 e. The van der Waals surface area contributed by atoms with Crippen molar-refractivity contribution in [2.24, 2.45) is 23.2 Å². The second-order valence-corrected chi connectivity index (χ2v) is 7.61. The van der Waals surface area contributed by atoms with Crippen LogP contribution in [0.5, 0.6) is 0 Å². The maximum atomic E-state index is 12.4. The van der Waals surface area contributed by atoms with Crippen LogP contribution in [0.15, 0.2) is 0 Å². The van der Waals surface area contributed by atoms with E-state index in [-0.39, 0.29) is 12.1 Å². The van der Waals surface area contributed by atoms with Gasteiger partial charge in [-0.25, -0.2) is 4.79 Å². The zero-order chi connectivity index (χ0) is 15.2. The number of hydrogen-bond donors (Lipinski definition) is 2. The Labute approximate surface area is 126 Å². The fourth-order valence-corrected chi connectivity index (χ4v) is 4.61. The van der Waals surface area contributed by atoms with Crippen LogP contribution in [-0.4, -0.2) is 41.1 Å². The molecular formula is C16H26N2O3. The number of urea groups is 1. The number of carbonyl (C=O) groups is 2. The fraction of sp³-hybridized carbons (Fsp3) is 0.875. The van der Waals surface area contributed by atoms with E-state index in [0.717, 1.165) is 11.8 Å². The van der Waals surface area contributed by atoms with Gasteiger partial charge in [-0.1, -0.05) is 6.42 Å². The monoisotopic (exact) mass is 294 g/mol. The highest BCUT2D eigenvalue weighted by atomic mass is 16.4. The van der Waals surface area contributed by atoms with E-state index in [4.69, 9.17) is 0 Å². The summed E-state index contributed by atoms with van der Waals surface area (Å²) in [6.07, 6.45) is 5.81. The molecule has 2 N–H and O–H groups in total. The highest BCUT2D eigenvalue weighted by Crippen LogP contribution is 2.49. The van der Waals surface area contributed by atoms with Crippen LogP contribution in [0.4, 0.5) is 4.79 Å². The van der Waals surface area contributed by atoms with Crippen molar-refractivity contribution in [2.45, 2.75) is 52.0 Å². The molecule has 2 aliphatic carbocycles. The first-order valence-electron chi connectivity index (χ1n) is 8.18. The molecule has 21 heavy (non-hydrogen) atoms. The Bertz CT molecular complexity index is 453. The van der Waals surface area contributed by atoms with Crippen LogP contribution >= 0.6 is 0 Å². The molecule has 1 aliphatic heterocycles. The van der Waals surface area contributed by atoms with Crippen molar-refractivity contribution in [1.82, 2.24) is 10.2 Å². The third-order valence-corrected chi connectivity index (χ3v) is 6.06. The van der Waals surface area contributed by atoms with Gasteiger partial charge >= 0.3 is 12.0 Å². The van der Waals surface area contributed by atoms with Gasteiger partial charge in [0.2, 0.25) is 0 Å². The van der Waals surface area contributed by atoms with Crippen molar-refractivity contribution in [3.8, 4) is 0 Å². The van der Waals surface area contributed by atoms with E-state index < -0.39 is 11.4 Å². The van der Waals surface area contributed by atoms with Gasteiger partial charge in [0.05, 0.1) is 5.41 Å². The number of carboxylic acids is 1. The number of nitrogens with zero attached hydrogens (tertiary/aromatic N) is 1. The van der Waals surface area contributed by atoms with Gasteiger partial charge in [-0.05, 0) is 57.3 Å². The predicted octanol–water partition coefficient (Wildman–Crippen LogP) is 2.32. The first kappa shape index (κ1) is 14.7. The number of fused-ring (bicyclic) bond motifs is 2. The minimum absolute atomic E-state index is 0.0877. The van der Waals surface area contributed by atoms with Crippen LogP contribution < -0.4 is 5.32 Å². The average Bonchev–Trinajstić information content (AvgIpc) is 3.13. The van der Waals surface area contributed by atoms with Crippen LogP contribution in [0.3, 0.4) is 0 Å². The Balaban J connectivity index is 1.54. The van der Waals surface area contributed by atoms with Gasteiger partial charge < -0.3 is 15.3 Å². The summed E-state index contributed by atoms with van der Waals surface area (Å²) in [5.74, 6) is 1.47. The third kappa shape index (κ3) is 2.62. The van der Waals surface area contributed by atoms with E-state index >= 15 is 0 Å². The molecule has 5 unspecified atom stereocenters. The van der Waals surface area contributed by atoms with Gasteiger partial charge in [0.15, 0.2) is 0 Å². The maximum Gasteiger partial charge on any atom is 0.317 e. The highest BCUT2D eigenvalue weighted by molar-refractivity contribution is 5.79. The zero-order valence-electron chi connectivity index (χ0n) is 13.0. The number of nitrogens with one attached hydrogen (secondary N) is 1. The number of aliphatic carboxylic acids is 1. The molecule has 118 valence electrons. The van der Waals surface area contributed by atoms with Crippen LogP contribution in [0, 0.1) is 23.2 Å². The quantitative estimate of drug-likeness (QED) is 0.839. The van der Waals surface area contributed by atoms with E-state index in [0.29, 0.717) is 25.4 Å². The molecular weight excluding hydrogens is 268 g/mol. The molecule has 3 rings (SSSR count). The lowest BCUT2D eigenvalue weighted by Crippen LogP contribution is -2.47. The molecule has 0 radical (unpaired) electrons. The number of carbonyl (C=O) groups excluding carboxylic acids is 1. The zero-order valence-corrected chi connectivity index (χ0v) is 13.0. The molecule has 1 saturated heterocycles. The van der Waals surface area contributed by atoms with E-state index in [1.165, 1.54) is 25.7 Å². The normalized spacial score (nSPS) is 39.5. The lowest BCUT2D eigenvalue weighted by molar-refractivity contribution is -0.146. The predicted molar refractivity (Wildman–Crippen MR) is 78.9 cm³/mol. The molecule has 5 atom stereocenters. The highest BCUT2D eigenvalue weighted by Gasteiger charge is 2.44. The fourth-order valence-electron chi connectivity index (χ4n) is 4.61.